The zero-order valence-electron chi connectivity index (χ0n) is 13.7. The molecule has 128 valence electrons. The number of hydrogen-bond donors (Lipinski definition) is 2. The number of para-hydroxylation sites is 1. The fourth-order valence-electron chi connectivity index (χ4n) is 2.56. The molecule has 0 unspecified atom stereocenters. The number of carbonyl (C=O) groups is 2. The van der Waals surface area contributed by atoms with Crippen LogP contribution in [0.15, 0.2) is 35.4 Å². The topological polar surface area (TPSA) is 101 Å². The Bertz CT molecular complexity index is 800. The molecule has 0 spiro atoms. The maximum absolute atomic E-state index is 12.7. The summed E-state index contributed by atoms with van der Waals surface area (Å²) < 4.78 is 1.34. The molecule has 0 aliphatic carbocycles. The quantitative estimate of drug-likeness (QED) is 0.802. The molecule has 2 aromatic rings. The van der Waals surface area contributed by atoms with Gasteiger partial charge in [-0.25, -0.2) is 4.98 Å². The molecular weight excluding hydrogens is 310 g/mol. The normalized spacial score (nSPS) is 13.4. The molecule has 0 saturated heterocycles. The third kappa shape index (κ3) is 3.79. The molecule has 1 heterocycles. The molecule has 2 rings (SSSR count). The van der Waals surface area contributed by atoms with Gasteiger partial charge in [-0.3, -0.25) is 19.0 Å². The number of nitrogens with one attached hydrogen (secondary N) is 1. The zero-order chi connectivity index (χ0) is 17.7. The van der Waals surface area contributed by atoms with Crippen LogP contribution in [-0.4, -0.2) is 33.1 Å². The first-order valence-corrected chi connectivity index (χ1v) is 7.91. The van der Waals surface area contributed by atoms with Crippen LogP contribution in [0, 0.1) is 5.92 Å². The number of rotatable bonds is 7. The molecule has 1 amide bonds. The Morgan fingerprint density at radius 1 is 1.33 bits per heavy atom. The first-order valence-electron chi connectivity index (χ1n) is 7.91. The number of hydrogen-bond acceptors (Lipinski definition) is 4. The van der Waals surface area contributed by atoms with E-state index in [1.807, 2.05) is 13.8 Å². The van der Waals surface area contributed by atoms with Crippen LogP contribution >= 0.6 is 0 Å². The number of benzene rings is 1. The molecule has 2 N–H and O–H groups in total. The highest BCUT2D eigenvalue weighted by molar-refractivity contribution is 5.82. The van der Waals surface area contributed by atoms with Crippen LogP contribution in [0.5, 0.6) is 0 Å². The standard InChI is InChI=1S/C17H21N3O4/c1-3-11(2)15(16(23)18-9-8-14(21)22)20-10-19-13-7-5-4-6-12(13)17(20)24/h4-7,10-11,15H,3,8-9H2,1-2H3,(H,18,23)(H,21,22)/t11-,15-/m0/s1. The maximum atomic E-state index is 12.7. The predicted molar refractivity (Wildman–Crippen MR) is 89.8 cm³/mol. The Morgan fingerprint density at radius 3 is 2.71 bits per heavy atom. The highest BCUT2D eigenvalue weighted by Crippen LogP contribution is 2.20. The van der Waals surface area contributed by atoms with E-state index in [9.17, 15) is 14.4 Å². The smallest absolute Gasteiger partial charge is 0.305 e. The lowest BCUT2D eigenvalue weighted by molar-refractivity contribution is -0.137. The Morgan fingerprint density at radius 2 is 2.04 bits per heavy atom. The molecule has 0 bridgehead atoms. The molecule has 0 aliphatic rings. The van der Waals surface area contributed by atoms with Crippen molar-refractivity contribution in [3.63, 3.8) is 0 Å². The van der Waals surface area contributed by atoms with Crippen LogP contribution in [0.4, 0.5) is 0 Å². The first kappa shape index (κ1) is 17.7. The maximum Gasteiger partial charge on any atom is 0.305 e. The van der Waals surface area contributed by atoms with Crippen LogP contribution in [0.1, 0.15) is 32.7 Å². The minimum Gasteiger partial charge on any atom is -0.481 e. The number of amides is 1. The van der Waals surface area contributed by atoms with Crippen molar-refractivity contribution in [2.75, 3.05) is 6.54 Å². The summed E-state index contributed by atoms with van der Waals surface area (Å²) in [7, 11) is 0. The van der Waals surface area contributed by atoms with E-state index in [1.54, 1.807) is 24.3 Å². The van der Waals surface area contributed by atoms with Gasteiger partial charge in [0, 0.05) is 6.54 Å². The molecule has 0 radical (unpaired) electrons. The number of carboxylic acid groups (broad SMARTS) is 1. The predicted octanol–water partition coefficient (Wildman–Crippen LogP) is 1.57. The lowest BCUT2D eigenvalue weighted by Gasteiger charge is -2.24. The number of aliphatic carboxylic acids is 1. The van der Waals surface area contributed by atoms with E-state index in [1.165, 1.54) is 10.9 Å². The Labute approximate surface area is 139 Å². The van der Waals surface area contributed by atoms with Crippen molar-refractivity contribution in [3.05, 3.63) is 40.9 Å². The van der Waals surface area contributed by atoms with Gasteiger partial charge in [-0.1, -0.05) is 32.4 Å². The van der Waals surface area contributed by atoms with Gasteiger partial charge in [-0.2, -0.15) is 0 Å². The average Bonchev–Trinajstić information content (AvgIpc) is 2.56. The Hall–Kier alpha value is -2.70. The van der Waals surface area contributed by atoms with Gasteiger partial charge >= 0.3 is 5.97 Å². The highest BCUT2D eigenvalue weighted by atomic mass is 16.4. The van der Waals surface area contributed by atoms with Gasteiger partial charge in [0.1, 0.15) is 6.04 Å². The van der Waals surface area contributed by atoms with Gasteiger partial charge < -0.3 is 10.4 Å². The average molecular weight is 331 g/mol. The zero-order valence-corrected chi connectivity index (χ0v) is 13.7. The van der Waals surface area contributed by atoms with E-state index in [0.29, 0.717) is 17.3 Å². The summed E-state index contributed by atoms with van der Waals surface area (Å²) in [5.41, 5.74) is 0.298. The molecule has 0 fully saturated rings. The van der Waals surface area contributed by atoms with E-state index in [-0.39, 0.29) is 30.3 Å². The molecule has 7 nitrogen and oxygen atoms in total. The van der Waals surface area contributed by atoms with Crippen LogP contribution < -0.4 is 10.9 Å². The Kier molecular flexibility index (Phi) is 5.68. The van der Waals surface area contributed by atoms with E-state index >= 15 is 0 Å². The number of carboxylic acids is 1. The molecule has 2 atom stereocenters. The summed E-state index contributed by atoms with van der Waals surface area (Å²) >= 11 is 0. The fraction of sp³-hybridized carbons (Fsp3) is 0.412. The van der Waals surface area contributed by atoms with Gasteiger partial charge in [-0.05, 0) is 18.1 Å². The van der Waals surface area contributed by atoms with Gasteiger partial charge in [0.15, 0.2) is 0 Å². The van der Waals surface area contributed by atoms with Crippen LogP contribution in [0.3, 0.4) is 0 Å². The van der Waals surface area contributed by atoms with Crippen LogP contribution in [0.2, 0.25) is 0 Å². The minimum absolute atomic E-state index is 0.0247. The SMILES string of the molecule is CC[C@H](C)[C@@H](C(=O)NCCC(=O)O)n1cnc2ccccc2c1=O. The first-order chi connectivity index (χ1) is 11.5. The van der Waals surface area contributed by atoms with E-state index in [4.69, 9.17) is 5.11 Å². The lowest BCUT2D eigenvalue weighted by Crippen LogP contribution is -2.41. The third-order valence-electron chi connectivity index (χ3n) is 4.08. The molecule has 0 saturated carbocycles. The van der Waals surface area contributed by atoms with Crippen molar-refractivity contribution in [1.82, 2.24) is 14.9 Å². The largest absolute Gasteiger partial charge is 0.481 e. The van der Waals surface area contributed by atoms with Gasteiger partial charge in [0.2, 0.25) is 5.91 Å². The van der Waals surface area contributed by atoms with Crippen LogP contribution in [0.25, 0.3) is 10.9 Å². The van der Waals surface area contributed by atoms with Crippen molar-refractivity contribution < 1.29 is 14.7 Å². The number of carbonyl (C=O) groups excluding carboxylic acids is 1. The van der Waals surface area contributed by atoms with Crippen LogP contribution in [-0.2, 0) is 9.59 Å². The van der Waals surface area contributed by atoms with Gasteiger partial charge in [0.05, 0.1) is 23.7 Å². The molecule has 24 heavy (non-hydrogen) atoms. The number of fused-ring (bicyclic) bond motifs is 1. The Balaban J connectivity index is 2.38. The summed E-state index contributed by atoms with van der Waals surface area (Å²) in [5.74, 6) is -1.46. The highest BCUT2D eigenvalue weighted by Gasteiger charge is 2.27. The van der Waals surface area contributed by atoms with Crippen molar-refractivity contribution in [2.24, 2.45) is 5.92 Å². The van der Waals surface area contributed by atoms with Crippen molar-refractivity contribution in [2.45, 2.75) is 32.7 Å². The van der Waals surface area contributed by atoms with Crippen molar-refractivity contribution >= 4 is 22.8 Å². The minimum atomic E-state index is -0.986. The van der Waals surface area contributed by atoms with Gasteiger partial charge in [0.25, 0.3) is 5.56 Å². The van der Waals surface area contributed by atoms with E-state index in [2.05, 4.69) is 10.3 Å². The molecule has 1 aromatic carbocycles. The number of aromatic nitrogens is 2. The molecule has 1 aromatic heterocycles. The summed E-state index contributed by atoms with van der Waals surface area (Å²) in [4.78, 5) is 40.1. The van der Waals surface area contributed by atoms with Gasteiger partial charge in [-0.15, -0.1) is 0 Å². The van der Waals surface area contributed by atoms with E-state index < -0.39 is 12.0 Å². The molecule has 0 aliphatic heterocycles. The summed E-state index contributed by atoms with van der Waals surface area (Å²) in [6, 6.07) is 6.24. The monoisotopic (exact) mass is 331 g/mol. The summed E-state index contributed by atoms with van der Waals surface area (Å²) in [6.45, 7) is 3.83. The lowest BCUT2D eigenvalue weighted by atomic mass is 9.98. The van der Waals surface area contributed by atoms with E-state index in [0.717, 1.165) is 0 Å². The second-order valence-corrected chi connectivity index (χ2v) is 5.74. The molecular formula is C17H21N3O4. The third-order valence-corrected chi connectivity index (χ3v) is 4.08. The summed E-state index contributed by atoms with van der Waals surface area (Å²) in [5, 5.41) is 11.7. The second-order valence-electron chi connectivity index (χ2n) is 5.74. The van der Waals surface area contributed by atoms with Crippen molar-refractivity contribution in [1.29, 1.82) is 0 Å². The fourth-order valence-corrected chi connectivity index (χ4v) is 2.56. The summed E-state index contributed by atoms with van der Waals surface area (Å²) in [6.07, 6.45) is 1.92. The number of nitrogens with zero attached hydrogens (tertiary/aromatic N) is 2. The molecule has 7 heteroatoms. The second kappa shape index (κ2) is 7.72. The van der Waals surface area contributed by atoms with Crippen molar-refractivity contribution in [3.8, 4) is 0 Å².